The molecule has 1 aliphatic rings. The van der Waals surface area contributed by atoms with Crippen LogP contribution < -0.4 is 4.74 Å². The van der Waals surface area contributed by atoms with Crippen LogP contribution in [0.15, 0.2) is 72.8 Å². The highest BCUT2D eigenvalue weighted by molar-refractivity contribution is 6.33. The summed E-state index contributed by atoms with van der Waals surface area (Å²) in [6.07, 6.45) is 9.10. The van der Waals surface area contributed by atoms with Gasteiger partial charge in [0.05, 0.1) is 6.61 Å². The highest BCUT2D eigenvalue weighted by atomic mass is 16.5. The van der Waals surface area contributed by atoms with E-state index in [1.807, 2.05) is 0 Å². The topological polar surface area (TPSA) is 112 Å². The van der Waals surface area contributed by atoms with Crippen molar-refractivity contribution in [3.8, 4) is 28.0 Å². The van der Waals surface area contributed by atoms with Gasteiger partial charge in [0.25, 0.3) is 0 Å². The Balaban J connectivity index is 1.57. The average molecular weight is 615 g/mol. The van der Waals surface area contributed by atoms with E-state index in [1.165, 1.54) is 37.8 Å². The van der Waals surface area contributed by atoms with Crippen LogP contribution in [0.2, 0.25) is 0 Å². The zero-order valence-corrected chi connectivity index (χ0v) is 25.6. The summed E-state index contributed by atoms with van der Waals surface area (Å²) in [5.41, 5.74) is 2.39. The number of carbonyl (C=O) groups excluding carboxylic acids is 6. The van der Waals surface area contributed by atoms with E-state index in [1.54, 1.807) is 60.7 Å². The van der Waals surface area contributed by atoms with Crippen molar-refractivity contribution in [3.63, 3.8) is 0 Å². The number of ether oxygens (including phenoxy) is 1. The summed E-state index contributed by atoms with van der Waals surface area (Å²) in [6, 6.07) is 19.5. The van der Waals surface area contributed by atoms with Crippen LogP contribution in [0.4, 0.5) is 0 Å². The number of rotatable bonds is 15. The summed E-state index contributed by atoms with van der Waals surface area (Å²) >= 11 is 0. The third-order valence-electron chi connectivity index (χ3n) is 8.55. The van der Waals surface area contributed by atoms with Gasteiger partial charge in [0.15, 0.2) is 36.7 Å². The molecule has 0 aromatic heterocycles. The van der Waals surface area contributed by atoms with E-state index >= 15 is 0 Å². The summed E-state index contributed by atoms with van der Waals surface area (Å²) in [7, 11) is 0. The van der Waals surface area contributed by atoms with Crippen LogP contribution in [0.5, 0.6) is 5.75 Å². The molecular weight excluding hydrogens is 580 g/mol. The van der Waals surface area contributed by atoms with E-state index < -0.39 is 17.5 Å². The summed E-state index contributed by atoms with van der Waals surface area (Å²) in [4.78, 5) is 76.4. The van der Waals surface area contributed by atoms with Crippen LogP contribution in [0, 0.1) is 0 Å². The molecule has 0 heterocycles. The minimum atomic E-state index is -1.13. The first-order chi connectivity index (χ1) is 22.5. The van der Waals surface area contributed by atoms with Gasteiger partial charge in [-0.2, -0.15) is 0 Å². The van der Waals surface area contributed by atoms with Crippen molar-refractivity contribution in [2.24, 2.45) is 0 Å². The number of carbonyl (C=O) groups is 6. The molecule has 4 aromatic rings. The quantitative estimate of drug-likeness (QED) is 0.0754. The second kappa shape index (κ2) is 14.7. The number of ketones is 2. The lowest BCUT2D eigenvalue weighted by molar-refractivity contribution is 0.0888. The van der Waals surface area contributed by atoms with Gasteiger partial charge in [-0.1, -0.05) is 93.6 Å². The van der Waals surface area contributed by atoms with Gasteiger partial charge >= 0.3 is 0 Å². The fourth-order valence-corrected chi connectivity index (χ4v) is 6.21. The molecule has 0 N–H and O–H groups in total. The third-order valence-corrected chi connectivity index (χ3v) is 8.55. The molecule has 0 fully saturated rings. The van der Waals surface area contributed by atoms with Crippen molar-refractivity contribution >= 4 is 36.7 Å². The lowest BCUT2D eigenvalue weighted by Crippen LogP contribution is -2.13. The maximum atomic E-state index is 14.3. The lowest BCUT2D eigenvalue weighted by atomic mass is 9.83. The van der Waals surface area contributed by atoms with Crippen LogP contribution in [0.3, 0.4) is 0 Å². The molecule has 1 aliphatic carbocycles. The molecule has 0 aliphatic heterocycles. The van der Waals surface area contributed by atoms with E-state index in [2.05, 4.69) is 6.92 Å². The van der Waals surface area contributed by atoms with Crippen molar-refractivity contribution in [2.45, 2.75) is 51.4 Å². The Hall–Kier alpha value is -5.30. The van der Waals surface area contributed by atoms with Gasteiger partial charge < -0.3 is 4.74 Å². The van der Waals surface area contributed by atoms with Crippen LogP contribution in [-0.4, -0.2) is 43.3 Å². The molecule has 4 aromatic carbocycles. The minimum Gasteiger partial charge on any atom is -0.494 e. The molecule has 5 rings (SSSR count). The SMILES string of the molecule is CCCCCCCCOc1ccc(C2C(=O)c3ccc(-c4cccc(C=O)c4C=O)c(-c4cccc(C=O)c4C=O)c3C2=O)cc1. The molecule has 0 saturated carbocycles. The van der Waals surface area contributed by atoms with Crippen molar-refractivity contribution in [1.82, 2.24) is 0 Å². The Labute approximate surface area is 267 Å². The second-order valence-electron chi connectivity index (χ2n) is 11.3. The number of fused-ring (bicyclic) bond motifs is 1. The maximum absolute atomic E-state index is 14.3. The smallest absolute Gasteiger partial charge is 0.179 e. The standard InChI is InChI=1S/C39H34O7/c1-2-3-4-5-6-7-20-46-28-16-14-25(15-17-28)35-38(44)32-19-18-31(29-12-8-10-26(21-40)33(29)23-42)36(37(32)39(35)45)30-13-9-11-27(22-41)34(30)24-43/h8-19,21-24,35H,2-7,20H2,1H3. The van der Waals surface area contributed by atoms with Crippen molar-refractivity contribution in [3.05, 3.63) is 112 Å². The highest BCUT2D eigenvalue weighted by Crippen LogP contribution is 2.46. The Morgan fingerprint density at radius 3 is 1.78 bits per heavy atom. The number of benzene rings is 4. The van der Waals surface area contributed by atoms with Crippen LogP contribution in [0.25, 0.3) is 22.3 Å². The Kier molecular flexibility index (Phi) is 10.2. The van der Waals surface area contributed by atoms with E-state index in [-0.39, 0.29) is 44.5 Å². The van der Waals surface area contributed by atoms with Gasteiger partial charge in [0.2, 0.25) is 0 Å². The molecule has 0 saturated heterocycles. The largest absolute Gasteiger partial charge is 0.494 e. The van der Waals surface area contributed by atoms with E-state index in [0.717, 1.165) is 12.8 Å². The Bertz CT molecular complexity index is 1820. The number of hydrogen-bond acceptors (Lipinski definition) is 7. The fourth-order valence-electron chi connectivity index (χ4n) is 6.21. The molecule has 0 amide bonds. The first-order valence-electron chi connectivity index (χ1n) is 15.5. The predicted molar refractivity (Wildman–Crippen MR) is 176 cm³/mol. The molecule has 0 radical (unpaired) electrons. The molecule has 0 bridgehead atoms. The first-order valence-corrected chi connectivity index (χ1v) is 15.5. The molecule has 232 valence electrons. The van der Waals surface area contributed by atoms with Crippen molar-refractivity contribution < 1.29 is 33.5 Å². The molecule has 0 spiro atoms. The van der Waals surface area contributed by atoms with Gasteiger partial charge in [-0.15, -0.1) is 0 Å². The van der Waals surface area contributed by atoms with Gasteiger partial charge in [0, 0.05) is 38.9 Å². The highest BCUT2D eigenvalue weighted by Gasteiger charge is 2.42. The zero-order chi connectivity index (χ0) is 32.6. The first kappa shape index (κ1) is 32.1. The molecule has 7 heteroatoms. The van der Waals surface area contributed by atoms with E-state index in [9.17, 15) is 28.8 Å². The molecular formula is C39H34O7. The Morgan fingerprint density at radius 1 is 0.565 bits per heavy atom. The molecule has 1 atom stereocenters. The molecule has 1 unspecified atom stereocenters. The molecule has 46 heavy (non-hydrogen) atoms. The minimum absolute atomic E-state index is 0.0434. The summed E-state index contributed by atoms with van der Waals surface area (Å²) in [5.74, 6) is -1.35. The predicted octanol–water partition coefficient (Wildman–Crippen LogP) is 8.17. The summed E-state index contributed by atoms with van der Waals surface area (Å²) in [5, 5.41) is 0. The Morgan fingerprint density at radius 2 is 1.15 bits per heavy atom. The number of hydrogen-bond donors (Lipinski definition) is 0. The third kappa shape index (κ3) is 6.13. The maximum Gasteiger partial charge on any atom is 0.179 e. The van der Waals surface area contributed by atoms with Gasteiger partial charge in [-0.05, 0) is 46.9 Å². The van der Waals surface area contributed by atoms with Crippen LogP contribution in [-0.2, 0) is 0 Å². The van der Waals surface area contributed by atoms with E-state index in [4.69, 9.17) is 4.74 Å². The van der Waals surface area contributed by atoms with Crippen LogP contribution in [0.1, 0.15) is 119 Å². The number of aldehydes is 4. The van der Waals surface area contributed by atoms with Crippen molar-refractivity contribution in [1.29, 1.82) is 0 Å². The summed E-state index contributed by atoms with van der Waals surface area (Å²) < 4.78 is 5.89. The monoisotopic (exact) mass is 614 g/mol. The number of Topliss-reactive ketones (excluding diaryl/α,β-unsaturated/α-hetero) is 2. The zero-order valence-electron chi connectivity index (χ0n) is 25.6. The normalized spacial score (nSPS) is 13.7. The van der Waals surface area contributed by atoms with Crippen molar-refractivity contribution in [2.75, 3.05) is 6.61 Å². The molecule has 7 nitrogen and oxygen atoms in total. The number of unbranched alkanes of at least 4 members (excludes halogenated alkanes) is 5. The summed E-state index contributed by atoms with van der Waals surface area (Å²) in [6.45, 7) is 2.77. The fraction of sp³-hybridized carbons (Fsp3) is 0.231. The van der Waals surface area contributed by atoms with E-state index in [0.29, 0.717) is 54.2 Å². The van der Waals surface area contributed by atoms with Gasteiger partial charge in [-0.25, -0.2) is 0 Å². The van der Waals surface area contributed by atoms with Crippen LogP contribution >= 0.6 is 0 Å². The van der Waals surface area contributed by atoms with Gasteiger partial charge in [-0.3, -0.25) is 28.8 Å². The lowest BCUT2D eigenvalue weighted by Gasteiger charge is -2.18. The second-order valence-corrected chi connectivity index (χ2v) is 11.3. The van der Waals surface area contributed by atoms with Gasteiger partial charge in [0.1, 0.15) is 11.7 Å². The average Bonchev–Trinajstić information content (AvgIpc) is 3.35.